The molecule has 1 heterocycles. The topological polar surface area (TPSA) is 55.7 Å². The third kappa shape index (κ3) is 2.99. The van der Waals surface area contributed by atoms with Gasteiger partial charge < -0.3 is 4.74 Å². The second-order valence-corrected chi connectivity index (χ2v) is 7.49. The van der Waals surface area contributed by atoms with Gasteiger partial charge in [-0.1, -0.05) is 37.3 Å². The molecule has 0 fully saturated rings. The number of nitrogens with zero attached hydrogens (tertiary/aromatic N) is 1. The van der Waals surface area contributed by atoms with Crippen molar-refractivity contribution < 1.29 is 13.2 Å². The molecule has 0 radical (unpaired) electrons. The van der Waals surface area contributed by atoms with Crippen LogP contribution in [0.5, 0.6) is 5.75 Å². The number of hydrogen-bond donors (Lipinski definition) is 0. The Bertz CT molecular complexity index is 775. The van der Waals surface area contributed by atoms with Crippen LogP contribution in [0.25, 0.3) is 5.57 Å². The molecule has 0 unspecified atom stereocenters. The van der Waals surface area contributed by atoms with Crippen molar-refractivity contribution in [2.75, 3.05) is 12.9 Å². The summed E-state index contributed by atoms with van der Waals surface area (Å²) in [5.41, 5.74) is 3.16. The summed E-state index contributed by atoms with van der Waals surface area (Å²) in [6, 6.07) is 7.91. The van der Waals surface area contributed by atoms with Crippen molar-refractivity contribution in [3.63, 3.8) is 0 Å². The van der Waals surface area contributed by atoms with Crippen LogP contribution in [0.4, 0.5) is 0 Å². The summed E-state index contributed by atoms with van der Waals surface area (Å²) in [6.07, 6.45) is 7.55. The first-order chi connectivity index (χ1) is 10.5. The molecule has 22 heavy (non-hydrogen) atoms. The molecule has 0 saturated carbocycles. The fourth-order valence-electron chi connectivity index (χ4n) is 3.04. The van der Waals surface area contributed by atoms with Crippen molar-refractivity contribution in [2.45, 2.75) is 13.3 Å². The summed E-state index contributed by atoms with van der Waals surface area (Å²) in [6.45, 7) is 2.77. The van der Waals surface area contributed by atoms with Gasteiger partial charge in [0.15, 0.2) is 0 Å². The van der Waals surface area contributed by atoms with Crippen LogP contribution in [-0.4, -0.2) is 27.5 Å². The van der Waals surface area contributed by atoms with Gasteiger partial charge in [-0.15, -0.1) is 0 Å². The molecule has 0 amide bonds. The Morgan fingerprint density at radius 2 is 2.09 bits per heavy atom. The second kappa shape index (κ2) is 5.72. The van der Waals surface area contributed by atoms with E-state index in [0.29, 0.717) is 18.9 Å². The fraction of sp³-hybridized carbons (Fsp3) is 0.353. The van der Waals surface area contributed by atoms with Gasteiger partial charge in [-0.2, -0.15) is 4.40 Å². The Labute approximate surface area is 131 Å². The highest BCUT2D eigenvalue weighted by Gasteiger charge is 2.31. The van der Waals surface area contributed by atoms with Crippen LogP contribution in [-0.2, 0) is 10.0 Å². The predicted molar refractivity (Wildman–Crippen MR) is 88.6 cm³/mol. The average Bonchev–Trinajstić information content (AvgIpc) is 2.64. The lowest BCUT2D eigenvalue weighted by atomic mass is 9.80. The maximum absolute atomic E-state index is 11.4. The zero-order valence-electron chi connectivity index (χ0n) is 12.7. The fourth-order valence-corrected chi connectivity index (χ4v) is 3.36. The lowest BCUT2D eigenvalue weighted by Gasteiger charge is -2.31. The van der Waals surface area contributed by atoms with Gasteiger partial charge in [0.25, 0.3) is 0 Å². The molecular formula is C17H19NO3S. The van der Waals surface area contributed by atoms with Gasteiger partial charge in [0.05, 0.1) is 12.9 Å². The molecule has 2 aliphatic rings. The molecule has 1 aromatic rings. The van der Waals surface area contributed by atoms with E-state index in [1.165, 1.54) is 6.21 Å². The van der Waals surface area contributed by atoms with Gasteiger partial charge in [-0.05, 0) is 29.6 Å². The number of rotatable bonds is 2. The Kier molecular flexibility index (Phi) is 3.91. The minimum Gasteiger partial charge on any atom is -0.492 e. The molecule has 0 N–H and O–H groups in total. The van der Waals surface area contributed by atoms with Crippen LogP contribution in [0.2, 0.25) is 0 Å². The zero-order valence-corrected chi connectivity index (χ0v) is 13.5. The third-order valence-corrected chi connectivity index (χ3v) is 4.61. The lowest BCUT2D eigenvalue weighted by molar-refractivity contribution is 0.244. The molecule has 116 valence electrons. The van der Waals surface area contributed by atoms with Crippen LogP contribution in [0, 0.1) is 11.8 Å². The summed E-state index contributed by atoms with van der Waals surface area (Å²) in [7, 11) is -3.38. The zero-order chi connectivity index (χ0) is 15.7. The van der Waals surface area contributed by atoms with Crippen molar-refractivity contribution in [1.29, 1.82) is 0 Å². The van der Waals surface area contributed by atoms with Gasteiger partial charge in [-0.25, -0.2) is 8.42 Å². The monoisotopic (exact) mass is 317 g/mol. The van der Waals surface area contributed by atoms with Crippen LogP contribution >= 0.6 is 0 Å². The molecule has 1 aliphatic heterocycles. The smallest absolute Gasteiger partial charge is 0.250 e. The number of para-hydroxylation sites is 1. The normalized spacial score (nSPS) is 24.6. The minimum atomic E-state index is -3.38. The number of benzene rings is 1. The average molecular weight is 317 g/mol. The van der Waals surface area contributed by atoms with Gasteiger partial charge in [0.1, 0.15) is 5.75 Å². The Morgan fingerprint density at radius 1 is 1.32 bits per heavy atom. The van der Waals surface area contributed by atoms with E-state index < -0.39 is 10.0 Å². The molecule has 5 heteroatoms. The largest absolute Gasteiger partial charge is 0.492 e. The number of allylic oxidation sites excluding steroid dienone is 3. The van der Waals surface area contributed by atoms with E-state index in [9.17, 15) is 8.42 Å². The Morgan fingerprint density at radius 3 is 2.86 bits per heavy atom. The van der Waals surface area contributed by atoms with E-state index in [2.05, 4.69) is 23.5 Å². The third-order valence-electron chi connectivity index (χ3n) is 4.12. The van der Waals surface area contributed by atoms with Gasteiger partial charge in [0.2, 0.25) is 10.0 Å². The number of hydrogen-bond acceptors (Lipinski definition) is 3. The Balaban J connectivity index is 2.18. The van der Waals surface area contributed by atoms with E-state index in [-0.39, 0.29) is 5.92 Å². The van der Waals surface area contributed by atoms with E-state index >= 15 is 0 Å². The summed E-state index contributed by atoms with van der Waals surface area (Å²) in [5.74, 6) is 1.41. The Hall–Kier alpha value is -1.88. The summed E-state index contributed by atoms with van der Waals surface area (Å²) >= 11 is 0. The number of fused-ring (bicyclic) bond motifs is 3. The van der Waals surface area contributed by atoms with E-state index in [1.807, 2.05) is 24.3 Å². The van der Waals surface area contributed by atoms with E-state index in [4.69, 9.17) is 4.74 Å². The quantitative estimate of drug-likeness (QED) is 0.622. The highest BCUT2D eigenvalue weighted by Crippen LogP contribution is 2.43. The molecule has 4 nitrogen and oxygen atoms in total. The first kappa shape index (κ1) is 15.0. The maximum atomic E-state index is 11.4. The van der Waals surface area contributed by atoms with E-state index in [0.717, 1.165) is 28.7 Å². The highest BCUT2D eigenvalue weighted by atomic mass is 32.2. The molecule has 2 atom stereocenters. The standard InChI is InChI=1S/C17H19NO3S/c1-12-6-5-7-13(10-18-22(2,19)20)17-14-8-3-4-9-16(14)21-11-15(12)17/h3-6,8-10,12,15H,7,11H2,1-2H3/b18-10+/t12-,15+/m0/s1. The molecule has 0 aromatic heterocycles. The summed E-state index contributed by atoms with van der Waals surface area (Å²) in [4.78, 5) is 0. The highest BCUT2D eigenvalue weighted by molar-refractivity contribution is 7.89. The van der Waals surface area contributed by atoms with Crippen molar-refractivity contribution in [3.05, 3.63) is 47.6 Å². The van der Waals surface area contributed by atoms with Gasteiger partial charge in [0, 0.05) is 17.7 Å². The first-order valence-corrected chi connectivity index (χ1v) is 9.18. The maximum Gasteiger partial charge on any atom is 0.250 e. The molecule has 0 spiro atoms. The lowest BCUT2D eigenvalue weighted by Crippen LogP contribution is -2.25. The van der Waals surface area contributed by atoms with Crippen molar-refractivity contribution in [1.82, 2.24) is 0 Å². The predicted octanol–water partition coefficient (Wildman–Crippen LogP) is 3.08. The molecule has 3 rings (SSSR count). The van der Waals surface area contributed by atoms with E-state index in [1.54, 1.807) is 0 Å². The molecule has 1 aromatic carbocycles. The number of ether oxygens (including phenoxy) is 1. The van der Waals surface area contributed by atoms with Crippen molar-refractivity contribution in [3.8, 4) is 5.75 Å². The molecular weight excluding hydrogens is 298 g/mol. The minimum absolute atomic E-state index is 0.217. The second-order valence-electron chi connectivity index (χ2n) is 5.81. The van der Waals surface area contributed by atoms with Crippen LogP contribution in [0.15, 0.2) is 46.4 Å². The first-order valence-electron chi connectivity index (χ1n) is 7.33. The van der Waals surface area contributed by atoms with Crippen molar-refractivity contribution in [2.24, 2.45) is 16.2 Å². The molecule has 1 aliphatic carbocycles. The van der Waals surface area contributed by atoms with Gasteiger partial charge in [-0.3, -0.25) is 0 Å². The van der Waals surface area contributed by atoms with Gasteiger partial charge >= 0.3 is 0 Å². The van der Waals surface area contributed by atoms with Crippen LogP contribution in [0.1, 0.15) is 18.9 Å². The molecule has 0 saturated heterocycles. The summed E-state index contributed by atoms with van der Waals surface area (Å²) in [5, 5.41) is 0. The van der Waals surface area contributed by atoms with Crippen LogP contribution in [0.3, 0.4) is 0 Å². The summed E-state index contributed by atoms with van der Waals surface area (Å²) < 4.78 is 32.3. The SMILES string of the molecule is C[C@H]1C=CCC(/C=N/S(C)(=O)=O)=C2c3ccccc3OC[C@@H]21. The molecule has 0 bridgehead atoms. The van der Waals surface area contributed by atoms with Crippen molar-refractivity contribution >= 4 is 21.8 Å². The number of sulfonamides is 1. The van der Waals surface area contributed by atoms with Crippen LogP contribution < -0.4 is 4.74 Å².